The molecule has 1 aliphatic rings. The molecule has 0 radical (unpaired) electrons. The predicted molar refractivity (Wildman–Crippen MR) is 75.8 cm³/mol. The van der Waals surface area contributed by atoms with Crippen LogP contribution in [0.1, 0.15) is 35.9 Å². The van der Waals surface area contributed by atoms with Crippen molar-refractivity contribution in [3.05, 3.63) is 45.7 Å². The maximum Gasteiger partial charge on any atom is 0.0997 e. The highest BCUT2D eigenvalue weighted by Gasteiger charge is 2.19. The monoisotopic (exact) mass is 321 g/mol. The fraction of sp³-hybridized carbons (Fsp3) is 0.429. The van der Waals surface area contributed by atoms with Gasteiger partial charge in [0.15, 0.2) is 0 Å². The Morgan fingerprint density at radius 2 is 2.05 bits per heavy atom. The molecule has 4 nitrogen and oxygen atoms in total. The van der Waals surface area contributed by atoms with Crippen LogP contribution in [0.5, 0.6) is 0 Å². The first-order valence-electron chi connectivity index (χ1n) is 6.59. The number of halogens is 1. The van der Waals surface area contributed by atoms with Crippen molar-refractivity contribution in [1.82, 2.24) is 15.0 Å². The molecular weight excluding hydrogens is 306 g/mol. The van der Waals surface area contributed by atoms with Crippen LogP contribution >= 0.6 is 15.9 Å². The first kappa shape index (κ1) is 12.8. The maximum atomic E-state index is 10.4. The van der Waals surface area contributed by atoms with Gasteiger partial charge in [0, 0.05) is 4.47 Å². The Hall–Kier alpha value is -1.20. The van der Waals surface area contributed by atoms with Crippen LogP contribution in [0, 0.1) is 0 Å². The first-order valence-corrected chi connectivity index (χ1v) is 7.39. The fourth-order valence-corrected chi connectivity index (χ4v) is 3.12. The van der Waals surface area contributed by atoms with E-state index in [1.807, 2.05) is 28.9 Å². The lowest BCUT2D eigenvalue weighted by atomic mass is 10.0. The maximum absolute atomic E-state index is 10.4. The number of aromatic nitrogens is 3. The average Bonchev–Trinajstić information content (AvgIpc) is 2.83. The number of aliphatic hydroxyl groups excluding tert-OH is 1. The van der Waals surface area contributed by atoms with E-state index in [2.05, 4.69) is 26.2 Å². The SMILES string of the molecule is OC(Cn1nnc2c1CCCC2)c1ccccc1Br. The van der Waals surface area contributed by atoms with Gasteiger partial charge in [-0.25, -0.2) is 4.68 Å². The summed E-state index contributed by atoms with van der Waals surface area (Å²) in [6.07, 6.45) is 3.85. The number of aliphatic hydroxyl groups is 1. The number of nitrogens with zero attached hydrogens (tertiary/aromatic N) is 3. The van der Waals surface area contributed by atoms with Gasteiger partial charge in [-0.3, -0.25) is 0 Å². The zero-order valence-corrected chi connectivity index (χ0v) is 12.2. The zero-order valence-electron chi connectivity index (χ0n) is 10.6. The van der Waals surface area contributed by atoms with Crippen LogP contribution < -0.4 is 0 Å². The van der Waals surface area contributed by atoms with E-state index in [1.54, 1.807) is 0 Å². The summed E-state index contributed by atoms with van der Waals surface area (Å²) in [7, 11) is 0. The van der Waals surface area contributed by atoms with Crippen molar-refractivity contribution in [3.8, 4) is 0 Å². The second kappa shape index (κ2) is 5.43. The van der Waals surface area contributed by atoms with Crippen molar-refractivity contribution in [3.63, 3.8) is 0 Å². The van der Waals surface area contributed by atoms with E-state index < -0.39 is 6.10 Å². The summed E-state index contributed by atoms with van der Waals surface area (Å²) in [5.41, 5.74) is 3.19. The van der Waals surface area contributed by atoms with Gasteiger partial charge in [0.2, 0.25) is 0 Å². The van der Waals surface area contributed by atoms with Crippen LogP contribution in [0.25, 0.3) is 0 Å². The van der Waals surface area contributed by atoms with Gasteiger partial charge in [0.25, 0.3) is 0 Å². The third-order valence-electron chi connectivity index (χ3n) is 3.61. The predicted octanol–water partition coefficient (Wildman–Crippen LogP) is 2.65. The number of rotatable bonds is 3. The van der Waals surface area contributed by atoms with Crippen LogP contribution in [0.3, 0.4) is 0 Å². The van der Waals surface area contributed by atoms with Gasteiger partial charge < -0.3 is 5.11 Å². The molecule has 0 saturated carbocycles. The average molecular weight is 322 g/mol. The van der Waals surface area contributed by atoms with E-state index in [0.29, 0.717) is 6.54 Å². The summed E-state index contributed by atoms with van der Waals surface area (Å²) in [5.74, 6) is 0. The van der Waals surface area contributed by atoms with Crippen LogP contribution in [-0.4, -0.2) is 20.1 Å². The van der Waals surface area contributed by atoms with E-state index in [-0.39, 0.29) is 0 Å². The van der Waals surface area contributed by atoms with Crippen LogP contribution in [0.15, 0.2) is 28.7 Å². The summed E-state index contributed by atoms with van der Waals surface area (Å²) >= 11 is 3.47. The summed E-state index contributed by atoms with van der Waals surface area (Å²) in [4.78, 5) is 0. The Morgan fingerprint density at radius 1 is 1.26 bits per heavy atom. The van der Waals surface area contributed by atoms with Gasteiger partial charge in [-0.2, -0.15) is 0 Å². The summed E-state index contributed by atoms with van der Waals surface area (Å²) in [6, 6.07) is 7.74. The van der Waals surface area contributed by atoms with Crippen molar-refractivity contribution < 1.29 is 5.11 Å². The van der Waals surface area contributed by atoms with E-state index in [1.165, 1.54) is 18.5 Å². The Balaban J connectivity index is 1.82. The van der Waals surface area contributed by atoms with Crippen molar-refractivity contribution >= 4 is 15.9 Å². The lowest BCUT2D eigenvalue weighted by Gasteiger charge is -2.16. The molecule has 1 N–H and O–H groups in total. The molecule has 0 spiro atoms. The molecule has 1 aliphatic carbocycles. The molecule has 100 valence electrons. The van der Waals surface area contributed by atoms with Gasteiger partial charge in [0.1, 0.15) is 0 Å². The van der Waals surface area contributed by atoms with E-state index in [4.69, 9.17) is 0 Å². The second-order valence-electron chi connectivity index (χ2n) is 4.91. The highest BCUT2D eigenvalue weighted by atomic mass is 79.9. The van der Waals surface area contributed by atoms with E-state index >= 15 is 0 Å². The second-order valence-corrected chi connectivity index (χ2v) is 5.76. The minimum atomic E-state index is -0.566. The molecule has 1 unspecified atom stereocenters. The van der Waals surface area contributed by atoms with Crippen molar-refractivity contribution in [2.45, 2.75) is 38.3 Å². The summed E-state index contributed by atoms with van der Waals surface area (Å²) < 4.78 is 2.79. The molecule has 1 atom stereocenters. The number of aryl methyl sites for hydroxylation is 1. The van der Waals surface area contributed by atoms with Crippen molar-refractivity contribution in [2.24, 2.45) is 0 Å². The van der Waals surface area contributed by atoms with Crippen molar-refractivity contribution in [1.29, 1.82) is 0 Å². The van der Waals surface area contributed by atoms with E-state index in [0.717, 1.165) is 28.6 Å². The van der Waals surface area contributed by atoms with Gasteiger partial charge in [-0.15, -0.1) is 5.10 Å². The van der Waals surface area contributed by atoms with Crippen LogP contribution in [0.4, 0.5) is 0 Å². The Morgan fingerprint density at radius 3 is 2.89 bits per heavy atom. The molecule has 3 rings (SSSR count). The smallest absolute Gasteiger partial charge is 0.0997 e. The lowest BCUT2D eigenvalue weighted by molar-refractivity contribution is 0.148. The molecule has 1 heterocycles. The Kier molecular flexibility index (Phi) is 3.66. The number of hydrogen-bond donors (Lipinski definition) is 1. The molecule has 0 saturated heterocycles. The largest absolute Gasteiger partial charge is 0.386 e. The summed E-state index contributed by atoms with van der Waals surface area (Å²) in [5, 5.41) is 18.8. The fourth-order valence-electron chi connectivity index (χ4n) is 2.58. The molecule has 2 aromatic rings. The highest BCUT2D eigenvalue weighted by molar-refractivity contribution is 9.10. The number of fused-ring (bicyclic) bond motifs is 1. The zero-order chi connectivity index (χ0) is 13.2. The molecular formula is C14H16BrN3O. The Bertz CT molecular complexity index is 582. The topological polar surface area (TPSA) is 50.9 Å². The molecule has 0 amide bonds. The normalized spacial score (nSPS) is 16.1. The molecule has 0 fully saturated rings. The van der Waals surface area contributed by atoms with Crippen LogP contribution in [-0.2, 0) is 19.4 Å². The van der Waals surface area contributed by atoms with Crippen LogP contribution in [0.2, 0.25) is 0 Å². The molecule has 0 aliphatic heterocycles. The van der Waals surface area contributed by atoms with Gasteiger partial charge >= 0.3 is 0 Å². The lowest BCUT2D eigenvalue weighted by Crippen LogP contribution is -2.15. The minimum absolute atomic E-state index is 0.463. The summed E-state index contributed by atoms with van der Waals surface area (Å²) in [6.45, 7) is 0.463. The highest BCUT2D eigenvalue weighted by Crippen LogP contribution is 2.26. The molecule has 1 aromatic heterocycles. The number of benzene rings is 1. The van der Waals surface area contributed by atoms with Gasteiger partial charge in [0.05, 0.1) is 24.0 Å². The first-order chi connectivity index (χ1) is 9.25. The van der Waals surface area contributed by atoms with Gasteiger partial charge in [-0.1, -0.05) is 39.3 Å². The number of hydrogen-bond acceptors (Lipinski definition) is 3. The van der Waals surface area contributed by atoms with Crippen molar-refractivity contribution in [2.75, 3.05) is 0 Å². The standard InChI is InChI=1S/C14H16BrN3O/c15-11-6-2-1-5-10(11)14(19)9-18-13-8-4-3-7-12(13)16-17-18/h1-2,5-6,14,19H,3-4,7-9H2. The molecule has 0 bridgehead atoms. The Labute approximate surface area is 120 Å². The minimum Gasteiger partial charge on any atom is -0.386 e. The molecule has 19 heavy (non-hydrogen) atoms. The van der Waals surface area contributed by atoms with E-state index in [9.17, 15) is 5.11 Å². The quantitative estimate of drug-likeness (QED) is 0.945. The molecule has 5 heteroatoms. The molecule has 1 aromatic carbocycles. The third-order valence-corrected chi connectivity index (χ3v) is 4.33. The van der Waals surface area contributed by atoms with Gasteiger partial charge in [-0.05, 0) is 37.3 Å². The third kappa shape index (κ3) is 2.58.